The minimum absolute atomic E-state index is 0.0518. The molecule has 2 heterocycles. The molecule has 1 N–H and O–H groups in total. The van der Waals surface area contributed by atoms with Crippen molar-refractivity contribution in [3.05, 3.63) is 48.2 Å². The molecule has 2 aromatic rings. The Hall–Kier alpha value is -3.16. The SMILES string of the molecule is CC(=O)N[C@@H](C)/C=C/c1ccc(Oc2ccc3c(c2)OC(F)(F)O3)nc1. The van der Waals surface area contributed by atoms with Crippen LogP contribution in [0.15, 0.2) is 42.6 Å². The van der Waals surface area contributed by atoms with Gasteiger partial charge in [0.05, 0.1) is 0 Å². The van der Waals surface area contributed by atoms with Crippen LogP contribution in [0.3, 0.4) is 0 Å². The summed E-state index contributed by atoms with van der Waals surface area (Å²) >= 11 is 0. The molecule has 1 aliphatic heterocycles. The lowest BCUT2D eigenvalue weighted by Gasteiger charge is -2.07. The normalized spacial score (nSPS) is 15.7. The Morgan fingerprint density at radius 3 is 2.73 bits per heavy atom. The molecule has 0 fully saturated rings. The van der Waals surface area contributed by atoms with Crippen LogP contribution < -0.4 is 19.5 Å². The second kappa shape index (κ2) is 6.99. The second-order valence-corrected chi connectivity index (χ2v) is 5.66. The number of aromatic nitrogens is 1. The van der Waals surface area contributed by atoms with E-state index in [0.29, 0.717) is 11.6 Å². The number of amides is 1. The maximum absolute atomic E-state index is 13.0. The van der Waals surface area contributed by atoms with Crippen molar-refractivity contribution in [2.24, 2.45) is 0 Å². The van der Waals surface area contributed by atoms with E-state index in [0.717, 1.165) is 5.56 Å². The van der Waals surface area contributed by atoms with E-state index in [9.17, 15) is 13.6 Å². The third-order valence-corrected chi connectivity index (χ3v) is 3.36. The summed E-state index contributed by atoms with van der Waals surface area (Å²) in [5, 5.41) is 2.74. The van der Waals surface area contributed by atoms with Gasteiger partial charge in [-0.05, 0) is 30.7 Å². The third kappa shape index (κ3) is 4.47. The van der Waals surface area contributed by atoms with Gasteiger partial charge in [-0.25, -0.2) is 4.98 Å². The number of fused-ring (bicyclic) bond motifs is 1. The Kier molecular flexibility index (Phi) is 4.75. The lowest BCUT2D eigenvalue weighted by Crippen LogP contribution is -2.28. The topological polar surface area (TPSA) is 69.7 Å². The van der Waals surface area contributed by atoms with Crippen LogP contribution in [0.5, 0.6) is 23.1 Å². The number of carbonyl (C=O) groups is 1. The summed E-state index contributed by atoms with van der Waals surface area (Å²) in [6.45, 7) is 3.31. The van der Waals surface area contributed by atoms with Crippen LogP contribution >= 0.6 is 0 Å². The monoisotopic (exact) mass is 362 g/mol. The molecule has 1 aliphatic rings. The Balaban J connectivity index is 1.63. The highest BCUT2D eigenvalue weighted by atomic mass is 19.3. The predicted octanol–water partition coefficient (Wildman–Crippen LogP) is 3.73. The van der Waals surface area contributed by atoms with Gasteiger partial charge in [0.15, 0.2) is 11.5 Å². The number of hydrogen-bond acceptors (Lipinski definition) is 5. The van der Waals surface area contributed by atoms with Crippen LogP contribution in [0.4, 0.5) is 8.78 Å². The molecule has 0 bridgehead atoms. The van der Waals surface area contributed by atoms with Crippen LogP contribution in [-0.4, -0.2) is 23.2 Å². The van der Waals surface area contributed by atoms with Gasteiger partial charge in [0.2, 0.25) is 11.8 Å². The molecule has 0 radical (unpaired) electrons. The van der Waals surface area contributed by atoms with Crippen molar-refractivity contribution in [2.45, 2.75) is 26.2 Å². The standard InChI is InChI=1S/C18H16F2N2O4/c1-11(22-12(2)23)3-4-13-5-8-17(21-10-13)24-14-6-7-15-16(9-14)26-18(19,20)25-15/h3-11H,1-2H3,(H,22,23)/b4-3+/t11-/m0/s1. The van der Waals surface area contributed by atoms with Crippen molar-refractivity contribution in [2.75, 3.05) is 0 Å². The maximum Gasteiger partial charge on any atom is 0.586 e. The Morgan fingerprint density at radius 2 is 2.04 bits per heavy atom. The minimum atomic E-state index is -3.67. The first kappa shape index (κ1) is 17.7. The van der Waals surface area contributed by atoms with Crippen LogP contribution in [0.1, 0.15) is 19.4 Å². The first-order chi connectivity index (χ1) is 12.3. The van der Waals surface area contributed by atoms with E-state index in [-0.39, 0.29) is 23.4 Å². The van der Waals surface area contributed by atoms with Crippen molar-refractivity contribution in [3.8, 4) is 23.1 Å². The summed E-state index contributed by atoms with van der Waals surface area (Å²) < 4.78 is 40.3. The number of ether oxygens (including phenoxy) is 3. The molecule has 0 saturated heterocycles. The van der Waals surface area contributed by atoms with E-state index in [2.05, 4.69) is 19.8 Å². The predicted molar refractivity (Wildman–Crippen MR) is 89.3 cm³/mol. The van der Waals surface area contributed by atoms with Crippen LogP contribution in [0.25, 0.3) is 6.08 Å². The smallest absolute Gasteiger partial charge is 0.439 e. The molecular weight excluding hydrogens is 346 g/mol. The van der Waals surface area contributed by atoms with Crippen molar-refractivity contribution < 1.29 is 27.8 Å². The Labute approximate surface area is 148 Å². The molecule has 6 nitrogen and oxygen atoms in total. The van der Waals surface area contributed by atoms with E-state index < -0.39 is 6.29 Å². The molecule has 1 aromatic carbocycles. The summed E-state index contributed by atoms with van der Waals surface area (Å²) in [6.07, 6.45) is 1.58. The van der Waals surface area contributed by atoms with Gasteiger partial charge >= 0.3 is 6.29 Å². The fourth-order valence-corrected chi connectivity index (χ4v) is 2.29. The van der Waals surface area contributed by atoms with E-state index in [1.54, 1.807) is 18.3 Å². The van der Waals surface area contributed by atoms with Gasteiger partial charge < -0.3 is 19.5 Å². The van der Waals surface area contributed by atoms with E-state index in [1.165, 1.54) is 25.1 Å². The van der Waals surface area contributed by atoms with Gasteiger partial charge in [0.25, 0.3) is 0 Å². The third-order valence-electron chi connectivity index (χ3n) is 3.36. The Bertz CT molecular complexity index is 838. The lowest BCUT2D eigenvalue weighted by atomic mass is 10.2. The maximum atomic E-state index is 13.0. The first-order valence-corrected chi connectivity index (χ1v) is 7.80. The highest BCUT2D eigenvalue weighted by Gasteiger charge is 2.43. The van der Waals surface area contributed by atoms with E-state index in [1.807, 2.05) is 19.1 Å². The van der Waals surface area contributed by atoms with Gasteiger partial charge in [-0.15, -0.1) is 8.78 Å². The number of nitrogens with one attached hydrogen (secondary N) is 1. The molecule has 26 heavy (non-hydrogen) atoms. The van der Waals surface area contributed by atoms with Crippen LogP contribution in [0, 0.1) is 0 Å². The van der Waals surface area contributed by atoms with Crippen molar-refractivity contribution in [1.29, 1.82) is 0 Å². The van der Waals surface area contributed by atoms with Crippen LogP contribution in [0.2, 0.25) is 0 Å². The van der Waals surface area contributed by atoms with E-state index >= 15 is 0 Å². The fourth-order valence-electron chi connectivity index (χ4n) is 2.29. The molecule has 3 rings (SSSR count). The quantitative estimate of drug-likeness (QED) is 0.878. The van der Waals surface area contributed by atoms with Gasteiger partial charge in [-0.2, -0.15) is 0 Å². The largest absolute Gasteiger partial charge is 0.586 e. The number of carbonyl (C=O) groups excluding carboxylic acids is 1. The molecule has 0 spiro atoms. The molecule has 1 aromatic heterocycles. The number of alkyl halides is 2. The molecule has 1 atom stereocenters. The first-order valence-electron chi connectivity index (χ1n) is 7.80. The van der Waals surface area contributed by atoms with Gasteiger partial charge in [0.1, 0.15) is 5.75 Å². The summed E-state index contributed by atoms with van der Waals surface area (Å²) in [5.74, 6) is 0.330. The molecule has 0 saturated carbocycles. The summed E-state index contributed by atoms with van der Waals surface area (Å²) in [5.41, 5.74) is 0.819. The number of benzene rings is 1. The number of nitrogens with zero attached hydrogens (tertiary/aromatic N) is 1. The van der Waals surface area contributed by atoms with Gasteiger partial charge in [0, 0.05) is 31.3 Å². The van der Waals surface area contributed by atoms with E-state index in [4.69, 9.17) is 4.74 Å². The molecule has 0 aliphatic carbocycles. The zero-order valence-electron chi connectivity index (χ0n) is 14.0. The highest BCUT2D eigenvalue weighted by Crippen LogP contribution is 2.43. The summed E-state index contributed by atoms with van der Waals surface area (Å²) in [6, 6.07) is 7.44. The van der Waals surface area contributed by atoms with Crippen molar-refractivity contribution in [3.63, 3.8) is 0 Å². The summed E-state index contributed by atoms with van der Waals surface area (Å²) in [7, 11) is 0. The Morgan fingerprint density at radius 1 is 1.27 bits per heavy atom. The molecule has 0 unspecified atom stereocenters. The average Bonchev–Trinajstić information content (AvgIpc) is 2.87. The lowest BCUT2D eigenvalue weighted by molar-refractivity contribution is -0.286. The van der Waals surface area contributed by atoms with Gasteiger partial charge in [-0.1, -0.05) is 12.2 Å². The zero-order valence-corrected chi connectivity index (χ0v) is 14.0. The number of halogens is 2. The second-order valence-electron chi connectivity index (χ2n) is 5.66. The summed E-state index contributed by atoms with van der Waals surface area (Å²) in [4.78, 5) is 15.1. The van der Waals surface area contributed by atoms with Crippen LogP contribution in [-0.2, 0) is 4.79 Å². The highest BCUT2D eigenvalue weighted by molar-refractivity contribution is 5.73. The number of hydrogen-bond donors (Lipinski definition) is 1. The number of pyridine rings is 1. The molecular formula is C18H16F2N2O4. The average molecular weight is 362 g/mol. The van der Waals surface area contributed by atoms with Crippen molar-refractivity contribution in [1.82, 2.24) is 10.3 Å². The molecule has 136 valence electrons. The molecule has 8 heteroatoms. The zero-order chi connectivity index (χ0) is 18.7. The van der Waals surface area contributed by atoms with Gasteiger partial charge in [-0.3, -0.25) is 4.79 Å². The number of rotatable bonds is 5. The molecule has 1 amide bonds. The minimum Gasteiger partial charge on any atom is -0.439 e. The van der Waals surface area contributed by atoms with Crippen molar-refractivity contribution >= 4 is 12.0 Å². The fraction of sp³-hybridized carbons (Fsp3) is 0.222.